The van der Waals surface area contributed by atoms with Crippen molar-refractivity contribution in [1.29, 1.82) is 0 Å². The Balaban J connectivity index is 1.76. The molecule has 1 fully saturated rings. The molecular formula is C13H28N2O. The molecule has 3 nitrogen and oxygen atoms in total. The highest BCUT2D eigenvalue weighted by Crippen LogP contribution is 2.28. The molecule has 1 rings (SSSR count). The average molecular weight is 228 g/mol. The van der Waals surface area contributed by atoms with Gasteiger partial charge >= 0.3 is 0 Å². The van der Waals surface area contributed by atoms with E-state index in [0.717, 1.165) is 32.2 Å². The molecule has 0 radical (unpaired) electrons. The molecular weight excluding hydrogens is 200 g/mol. The van der Waals surface area contributed by atoms with Crippen LogP contribution in [0.15, 0.2) is 0 Å². The molecule has 96 valence electrons. The van der Waals surface area contributed by atoms with Crippen LogP contribution in [-0.2, 0) is 4.74 Å². The third-order valence-electron chi connectivity index (χ3n) is 3.13. The number of nitrogens with zero attached hydrogens (tertiary/aromatic N) is 1. The second-order valence-corrected chi connectivity index (χ2v) is 4.99. The van der Waals surface area contributed by atoms with Crippen molar-refractivity contribution < 1.29 is 4.74 Å². The van der Waals surface area contributed by atoms with Crippen LogP contribution in [0.25, 0.3) is 0 Å². The summed E-state index contributed by atoms with van der Waals surface area (Å²) in [7, 11) is 4.21. The Labute approximate surface area is 101 Å². The van der Waals surface area contributed by atoms with Gasteiger partial charge in [-0.3, -0.25) is 0 Å². The Kier molecular flexibility index (Phi) is 7.81. The third-order valence-corrected chi connectivity index (χ3v) is 3.13. The van der Waals surface area contributed by atoms with E-state index in [1.54, 1.807) is 0 Å². The highest BCUT2D eigenvalue weighted by atomic mass is 16.5. The number of rotatable bonds is 11. The molecule has 0 bridgehead atoms. The molecule has 0 heterocycles. The fourth-order valence-corrected chi connectivity index (χ4v) is 1.73. The largest absolute Gasteiger partial charge is 0.380 e. The molecule has 0 aliphatic heterocycles. The second kappa shape index (κ2) is 8.97. The van der Waals surface area contributed by atoms with Gasteiger partial charge in [-0.25, -0.2) is 0 Å². The quantitative estimate of drug-likeness (QED) is 0.545. The van der Waals surface area contributed by atoms with Gasteiger partial charge in [0.1, 0.15) is 0 Å². The topological polar surface area (TPSA) is 24.5 Å². The van der Waals surface area contributed by atoms with E-state index in [-0.39, 0.29) is 0 Å². The van der Waals surface area contributed by atoms with Crippen LogP contribution < -0.4 is 5.32 Å². The molecule has 0 aromatic carbocycles. The fraction of sp³-hybridized carbons (Fsp3) is 1.00. The number of unbranched alkanes of at least 4 members (excludes halogenated alkanes) is 2. The lowest BCUT2D eigenvalue weighted by Gasteiger charge is -2.16. The molecule has 3 heteroatoms. The number of hydrogen-bond acceptors (Lipinski definition) is 3. The van der Waals surface area contributed by atoms with E-state index < -0.39 is 0 Å². The van der Waals surface area contributed by atoms with E-state index in [1.165, 1.54) is 38.6 Å². The minimum atomic E-state index is 0.895. The average Bonchev–Trinajstić information content (AvgIpc) is 3.08. The van der Waals surface area contributed by atoms with Crippen molar-refractivity contribution in [2.45, 2.75) is 32.1 Å². The highest BCUT2D eigenvalue weighted by Gasteiger charge is 2.20. The van der Waals surface area contributed by atoms with Crippen LogP contribution in [0.2, 0.25) is 0 Å². The smallest absolute Gasteiger partial charge is 0.0593 e. The minimum Gasteiger partial charge on any atom is -0.380 e. The first kappa shape index (κ1) is 13.9. The summed E-state index contributed by atoms with van der Waals surface area (Å²) in [6, 6.07) is 0. The molecule has 1 aliphatic rings. The van der Waals surface area contributed by atoms with E-state index in [1.807, 2.05) is 7.05 Å². The van der Waals surface area contributed by atoms with Crippen LogP contribution in [0, 0.1) is 5.92 Å². The van der Waals surface area contributed by atoms with Gasteiger partial charge < -0.3 is 15.0 Å². The van der Waals surface area contributed by atoms with Crippen molar-refractivity contribution in [3.63, 3.8) is 0 Å². The van der Waals surface area contributed by atoms with Crippen molar-refractivity contribution >= 4 is 0 Å². The highest BCUT2D eigenvalue weighted by molar-refractivity contribution is 4.71. The first-order chi connectivity index (χ1) is 7.83. The maximum atomic E-state index is 5.62. The van der Waals surface area contributed by atoms with E-state index in [4.69, 9.17) is 4.74 Å². The van der Waals surface area contributed by atoms with Crippen LogP contribution in [-0.4, -0.2) is 51.8 Å². The molecule has 1 N–H and O–H groups in total. The van der Waals surface area contributed by atoms with Gasteiger partial charge in [0.25, 0.3) is 0 Å². The Morgan fingerprint density at radius 3 is 2.69 bits per heavy atom. The van der Waals surface area contributed by atoms with Crippen molar-refractivity contribution in [2.75, 3.05) is 46.9 Å². The summed E-state index contributed by atoms with van der Waals surface area (Å²) >= 11 is 0. The SMILES string of the molecule is CNCCCCCN(C)CCOCC1CC1. The lowest BCUT2D eigenvalue weighted by Crippen LogP contribution is -2.24. The zero-order valence-corrected chi connectivity index (χ0v) is 11.0. The molecule has 0 aromatic rings. The summed E-state index contributed by atoms with van der Waals surface area (Å²) in [5, 5.41) is 3.18. The second-order valence-electron chi connectivity index (χ2n) is 4.99. The van der Waals surface area contributed by atoms with E-state index in [0.29, 0.717) is 0 Å². The first-order valence-electron chi connectivity index (χ1n) is 6.74. The first-order valence-corrected chi connectivity index (χ1v) is 6.74. The van der Waals surface area contributed by atoms with E-state index in [9.17, 15) is 0 Å². The summed E-state index contributed by atoms with van der Waals surface area (Å²) in [6.07, 6.45) is 6.71. The van der Waals surface area contributed by atoms with Crippen molar-refractivity contribution in [2.24, 2.45) is 5.92 Å². The molecule has 16 heavy (non-hydrogen) atoms. The summed E-state index contributed by atoms with van der Waals surface area (Å²) in [5.41, 5.74) is 0. The number of hydrogen-bond donors (Lipinski definition) is 1. The molecule has 0 atom stereocenters. The summed E-state index contributed by atoms with van der Waals surface area (Å²) < 4.78 is 5.62. The zero-order chi connectivity index (χ0) is 11.6. The molecule has 1 saturated carbocycles. The van der Waals surface area contributed by atoms with Gasteiger partial charge in [-0.1, -0.05) is 6.42 Å². The summed E-state index contributed by atoms with van der Waals surface area (Å²) in [4.78, 5) is 2.38. The lowest BCUT2D eigenvalue weighted by molar-refractivity contribution is 0.103. The predicted octanol–water partition coefficient (Wildman–Crippen LogP) is 1.73. The molecule has 0 saturated heterocycles. The Morgan fingerprint density at radius 2 is 2.00 bits per heavy atom. The monoisotopic (exact) mass is 228 g/mol. The molecule has 0 amide bonds. The van der Waals surface area contributed by atoms with Gasteiger partial charge in [-0.15, -0.1) is 0 Å². The molecule has 0 aromatic heterocycles. The molecule has 0 unspecified atom stereocenters. The van der Waals surface area contributed by atoms with Gasteiger partial charge in [0.05, 0.1) is 6.61 Å². The van der Waals surface area contributed by atoms with Gasteiger partial charge in [0.15, 0.2) is 0 Å². The summed E-state index contributed by atoms with van der Waals surface area (Å²) in [6.45, 7) is 5.34. The molecule has 0 spiro atoms. The zero-order valence-electron chi connectivity index (χ0n) is 11.0. The Hall–Kier alpha value is -0.120. The maximum Gasteiger partial charge on any atom is 0.0593 e. The van der Waals surface area contributed by atoms with Crippen molar-refractivity contribution in [3.8, 4) is 0 Å². The maximum absolute atomic E-state index is 5.62. The fourth-order valence-electron chi connectivity index (χ4n) is 1.73. The van der Waals surface area contributed by atoms with Crippen LogP contribution in [0.4, 0.5) is 0 Å². The lowest BCUT2D eigenvalue weighted by atomic mass is 10.2. The van der Waals surface area contributed by atoms with Gasteiger partial charge in [0.2, 0.25) is 0 Å². The van der Waals surface area contributed by atoms with Crippen molar-refractivity contribution in [3.05, 3.63) is 0 Å². The Morgan fingerprint density at radius 1 is 1.19 bits per heavy atom. The normalized spacial score (nSPS) is 15.9. The third kappa shape index (κ3) is 8.08. The van der Waals surface area contributed by atoms with Gasteiger partial charge in [0, 0.05) is 13.2 Å². The van der Waals surface area contributed by atoms with Gasteiger partial charge in [-0.2, -0.15) is 0 Å². The number of likely N-dealkylation sites (N-methyl/N-ethyl adjacent to an activating group) is 1. The number of ether oxygens (including phenoxy) is 1. The van der Waals surface area contributed by atoms with Crippen molar-refractivity contribution in [1.82, 2.24) is 10.2 Å². The van der Waals surface area contributed by atoms with Crippen LogP contribution in [0.3, 0.4) is 0 Å². The minimum absolute atomic E-state index is 0.895. The molecule has 1 aliphatic carbocycles. The van der Waals surface area contributed by atoms with Gasteiger partial charge in [-0.05, 0) is 58.8 Å². The van der Waals surface area contributed by atoms with Crippen LogP contribution in [0.5, 0.6) is 0 Å². The van der Waals surface area contributed by atoms with Crippen LogP contribution in [0.1, 0.15) is 32.1 Å². The standard InChI is InChI=1S/C13H28N2O/c1-14-8-4-3-5-9-15(2)10-11-16-12-13-6-7-13/h13-14H,3-12H2,1-2H3. The Bertz CT molecular complexity index is 160. The number of nitrogens with one attached hydrogen (secondary N) is 1. The van der Waals surface area contributed by atoms with E-state index >= 15 is 0 Å². The predicted molar refractivity (Wildman–Crippen MR) is 68.8 cm³/mol. The van der Waals surface area contributed by atoms with Crippen LogP contribution >= 0.6 is 0 Å². The summed E-state index contributed by atoms with van der Waals surface area (Å²) in [5.74, 6) is 0.895. The van der Waals surface area contributed by atoms with E-state index in [2.05, 4.69) is 17.3 Å².